The van der Waals surface area contributed by atoms with E-state index in [1.165, 1.54) is 4.90 Å². The summed E-state index contributed by atoms with van der Waals surface area (Å²) in [7, 11) is 0. The topological polar surface area (TPSA) is 81.1 Å². The number of ether oxygens (including phenoxy) is 2. The van der Waals surface area contributed by atoms with E-state index in [9.17, 15) is 9.59 Å². The monoisotopic (exact) mass is 362 g/mol. The van der Waals surface area contributed by atoms with E-state index in [-0.39, 0.29) is 24.5 Å². The largest absolute Gasteiger partial charge is 0.486 e. The molecule has 1 aromatic carbocycles. The molecule has 2 aliphatic heterocycles. The van der Waals surface area contributed by atoms with Gasteiger partial charge < -0.3 is 19.7 Å². The molecule has 1 unspecified atom stereocenters. The predicted molar refractivity (Wildman–Crippen MR) is 96.5 cm³/mol. The van der Waals surface area contributed by atoms with Crippen molar-refractivity contribution in [1.29, 1.82) is 0 Å². The van der Waals surface area contributed by atoms with E-state index in [0.29, 0.717) is 13.2 Å². The fourth-order valence-electron chi connectivity index (χ4n) is 3.54. The molecule has 7 heteroatoms. The van der Waals surface area contributed by atoms with E-state index in [1.54, 1.807) is 0 Å². The molecule has 0 saturated carbocycles. The number of amides is 3. The Kier molecular flexibility index (Phi) is 5.98. The Labute approximate surface area is 154 Å². The van der Waals surface area contributed by atoms with Crippen LogP contribution in [0.3, 0.4) is 0 Å². The van der Waals surface area contributed by atoms with Crippen LogP contribution < -0.4 is 25.0 Å². The first-order valence-electron chi connectivity index (χ1n) is 9.41. The number of rotatable bonds is 5. The summed E-state index contributed by atoms with van der Waals surface area (Å²) in [6, 6.07) is 5.88. The number of benzene rings is 1. The summed E-state index contributed by atoms with van der Waals surface area (Å²) in [6.07, 6.45) is 2.90. The first-order valence-corrected chi connectivity index (χ1v) is 9.41. The zero-order valence-corrected chi connectivity index (χ0v) is 15.5. The van der Waals surface area contributed by atoms with Crippen LogP contribution in [-0.4, -0.2) is 44.3 Å². The molecule has 0 aromatic heterocycles. The van der Waals surface area contributed by atoms with Gasteiger partial charge in [0.15, 0.2) is 18.0 Å². The van der Waals surface area contributed by atoms with Crippen molar-refractivity contribution in [2.45, 2.75) is 45.2 Å². The van der Waals surface area contributed by atoms with E-state index in [1.807, 2.05) is 26.0 Å². The number of fused-ring (bicyclic) bond motifs is 1. The molecule has 142 valence electrons. The van der Waals surface area contributed by atoms with Gasteiger partial charge in [0.25, 0.3) is 5.91 Å². The Hall–Kier alpha value is -2.28. The summed E-state index contributed by atoms with van der Waals surface area (Å²) in [5, 5.41) is 5.19. The smallest absolute Gasteiger partial charge is 0.321 e. The molecule has 1 saturated heterocycles. The Balaban J connectivity index is 1.60. The second-order valence-corrected chi connectivity index (χ2v) is 7.01. The molecule has 26 heavy (non-hydrogen) atoms. The number of quaternary nitrogens is 1. The van der Waals surface area contributed by atoms with Crippen molar-refractivity contribution in [3.05, 3.63) is 23.8 Å². The lowest BCUT2D eigenvalue weighted by molar-refractivity contribution is -0.910. The molecule has 0 bridgehead atoms. The first-order chi connectivity index (χ1) is 12.6. The van der Waals surface area contributed by atoms with Crippen molar-refractivity contribution in [3.8, 4) is 11.5 Å². The zero-order valence-electron chi connectivity index (χ0n) is 15.5. The number of urea groups is 1. The molecular weight excluding hydrogens is 334 g/mol. The van der Waals surface area contributed by atoms with Gasteiger partial charge in [0, 0.05) is 24.4 Å². The second-order valence-electron chi connectivity index (χ2n) is 7.01. The molecule has 3 rings (SSSR count). The van der Waals surface area contributed by atoms with E-state index in [4.69, 9.17) is 9.47 Å². The van der Waals surface area contributed by atoms with Crippen LogP contribution >= 0.6 is 0 Å². The third-order valence-electron chi connectivity index (χ3n) is 5.08. The maximum absolute atomic E-state index is 12.3. The van der Waals surface area contributed by atoms with Gasteiger partial charge in [0.2, 0.25) is 0 Å². The summed E-state index contributed by atoms with van der Waals surface area (Å²) in [5.41, 5.74) is 1.15. The number of carbonyl (C=O) groups excluding carboxylic acids is 2. The van der Waals surface area contributed by atoms with Crippen molar-refractivity contribution < 1.29 is 24.0 Å². The van der Waals surface area contributed by atoms with Crippen LogP contribution in [0.1, 0.15) is 44.7 Å². The van der Waals surface area contributed by atoms with Crippen molar-refractivity contribution in [1.82, 2.24) is 10.6 Å². The van der Waals surface area contributed by atoms with E-state index < -0.39 is 6.03 Å². The Bertz CT molecular complexity index is 664. The van der Waals surface area contributed by atoms with Crippen LogP contribution in [0, 0.1) is 0 Å². The van der Waals surface area contributed by atoms with Gasteiger partial charge in [0.1, 0.15) is 19.3 Å². The maximum atomic E-state index is 12.3. The quantitative estimate of drug-likeness (QED) is 0.724. The average Bonchev–Trinajstić information content (AvgIpc) is 3.08. The molecule has 0 radical (unpaired) electrons. The number of hydrogen-bond donors (Lipinski definition) is 3. The molecule has 3 atom stereocenters. The zero-order chi connectivity index (χ0) is 18.5. The third-order valence-corrected chi connectivity index (χ3v) is 5.08. The molecule has 0 spiro atoms. The minimum atomic E-state index is -0.418. The van der Waals surface area contributed by atoms with Crippen molar-refractivity contribution in [2.24, 2.45) is 0 Å². The van der Waals surface area contributed by atoms with Crippen molar-refractivity contribution >= 4 is 11.9 Å². The Morgan fingerprint density at radius 3 is 2.81 bits per heavy atom. The van der Waals surface area contributed by atoms with E-state index in [0.717, 1.165) is 42.9 Å². The fraction of sp³-hybridized carbons (Fsp3) is 0.579. The Morgan fingerprint density at radius 2 is 2.04 bits per heavy atom. The molecular formula is C19H28N3O4+. The number of likely N-dealkylation sites (tertiary alicyclic amines) is 1. The fourth-order valence-corrected chi connectivity index (χ4v) is 3.54. The summed E-state index contributed by atoms with van der Waals surface area (Å²) in [6.45, 7) is 6.23. The molecule has 3 amide bonds. The third kappa shape index (κ3) is 4.46. The number of hydrogen-bond acceptors (Lipinski definition) is 4. The standard InChI is InChI=1S/C19H27N3O4/c1-3-13(2)20-19(24)21-18(23)12-22-8-4-5-15(22)14-6-7-16-17(11-14)26-10-9-25-16/h6-7,11,13,15H,3-5,8-10,12H2,1-2H3,(H2,20,21,23,24)/p+1/t13-,15-/m1/s1. The SMILES string of the molecule is CC[C@@H](C)NC(=O)NC(=O)C[NH+]1CCC[C@@H]1c1ccc2c(c1)OCCO2. The highest BCUT2D eigenvalue weighted by atomic mass is 16.6. The van der Waals surface area contributed by atoms with Crippen molar-refractivity contribution in [3.63, 3.8) is 0 Å². The molecule has 7 nitrogen and oxygen atoms in total. The van der Waals surface area contributed by atoms with Crippen LogP contribution in [-0.2, 0) is 4.79 Å². The van der Waals surface area contributed by atoms with E-state index >= 15 is 0 Å². The van der Waals surface area contributed by atoms with Crippen LogP contribution in [0.2, 0.25) is 0 Å². The summed E-state index contributed by atoms with van der Waals surface area (Å²) < 4.78 is 11.3. The van der Waals surface area contributed by atoms with Gasteiger partial charge >= 0.3 is 6.03 Å². The van der Waals surface area contributed by atoms with Gasteiger partial charge in [-0.25, -0.2) is 4.79 Å². The molecule has 1 aromatic rings. The lowest BCUT2D eigenvalue weighted by Gasteiger charge is -2.24. The van der Waals surface area contributed by atoms with Crippen LogP contribution in [0.4, 0.5) is 4.79 Å². The van der Waals surface area contributed by atoms with Crippen LogP contribution in [0.15, 0.2) is 18.2 Å². The highest BCUT2D eigenvalue weighted by molar-refractivity contribution is 5.94. The van der Waals surface area contributed by atoms with Gasteiger partial charge in [0.05, 0.1) is 6.54 Å². The average molecular weight is 362 g/mol. The highest BCUT2D eigenvalue weighted by Gasteiger charge is 2.32. The highest BCUT2D eigenvalue weighted by Crippen LogP contribution is 2.33. The molecule has 0 aliphatic carbocycles. The van der Waals surface area contributed by atoms with Gasteiger partial charge in [-0.2, -0.15) is 0 Å². The van der Waals surface area contributed by atoms with Crippen molar-refractivity contribution in [2.75, 3.05) is 26.3 Å². The lowest BCUT2D eigenvalue weighted by Crippen LogP contribution is -3.11. The molecule has 1 fully saturated rings. The predicted octanol–water partition coefficient (Wildman–Crippen LogP) is 0.802. The normalized spacial score (nSPS) is 22.5. The minimum absolute atomic E-state index is 0.0485. The van der Waals surface area contributed by atoms with Gasteiger partial charge in [-0.05, 0) is 31.5 Å². The summed E-state index contributed by atoms with van der Waals surface area (Å²) in [5.74, 6) is 1.31. The molecule has 2 heterocycles. The summed E-state index contributed by atoms with van der Waals surface area (Å²) >= 11 is 0. The van der Waals surface area contributed by atoms with Crippen LogP contribution in [0.5, 0.6) is 11.5 Å². The Morgan fingerprint density at radius 1 is 1.27 bits per heavy atom. The molecule has 3 N–H and O–H groups in total. The number of carbonyl (C=O) groups is 2. The van der Waals surface area contributed by atoms with E-state index in [2.05, 4.69) is 16.7 Å². The van der Waals surface area contributed by atoms with Gasteiger partial charge in [-0.15, -0.1) is 0 Å². The summed E-state index contributed by atoms with van der Waals surface area (Å²) in [4.78, 5) is 25.3. The second kappa shape index (κ2) is 8.40. The maximum Gasteiger partial charge on any atom is 0.321 e. The van der Waals surface area contributed by atoms with Crippen LogP contribution in [0.25, 0.3) is 0 Å². The number of imide groups is 1. The first kappa shape index (κ1) is 18.5. The number of nitrogens with one attached hydrogen (secondary N) is 3. The molecule has 2 aliphatic rings. The minimum Gasteiger partial charge on any atom is -0.486 e. The van der Waals surface area contributed by atoms with Gasteiger partial charge in [-0.1, -0.05) is 6.92 Å². The van der Waals surface area contributed by atoms with Gasteiger partial charge in [-0.3, -0.25) is 10.1 Å². The lowest BCUT2D eigenvalue weighted by atomic mass is 10.0.